The fraction of sp³-hybridized carbons (Fsp3) is 0.190. The highest BCUT2D eigenvalue weighted by Crippen LogP contribution is 2.23. The van der Waals surface area contributed by atoms with Crippen molar-refractivity contribution in [2.24, 2.45) is 0 Å². The van der Waals surface area contributed by atoms with Crippen molar-refractivity contribution in [1.29, 1.82) is 0 Å². The molecule has 0 aliphatic rings. The largest absolute Gasteiger partial charge is 0.484 e. The monoisotopic (exact) mass is 403 g/mol. The van der Waals surface area contributed by atoms with Crippen LogP contribution in [0.2, 0.25) is 5.02 Å². The molecule has 27 heavy (non-hydrogen) atoms. The molecular weight excluding hydrogens is 385 g/mol. The van der Waals surface area contributed by atoms with Crippen LogP contribution in [0, 0.1) is 5.82 Å². The Labute approximate surface area is 166 Å². The minimum absolute atomic E-state index is 0.0395. The van der Waals surface area contributed by atoms with Gasteiger partial charge >= 0.3 is 0 Å². The van der Waals surface area contributed by atoms with E-state index in [0.717, 1.165) is 10.8 Å². The minimum Gasteiger partial charge on any atom is -0.484 e. The highest BCUT2D eigenvalue weighted by Gasteiger charge is 2.07. The zero-order valence-electron chi connectivity index (χ0n) is 14.6. The number of amides is 1. The van der Waals surface area contributed by atoms with Crippen LogP contribution in [0.25, 0.3) is 10.8 Å². The van der Waals surface area contributed by atoms with Crippen molar-refractivity contribution < 1.29 is 13.9 Å². The van der Waals surface area contributed by atoms with Gasteiger partial charge in [0.05, 0.1) is 0 Å². The summed E-state index contributed by atoms with van der Waals surface area (Å²) in [5.41, 5.74) is 0.495. The Hall–Kier alpha value is -2.24. The fourth-order valence-corrected chi connectivity index (χ4v) is 3.76. The quantitative estimate of drug-likeness (QED) is 0.534. The van der Waals surface area contributed by atoms with Crippen LogP contribution in [0.4, 0.5) is 4.39 Å². The van der Waals surface area contributed by atoms with Crippen molar-refractivity contribution in [3.05, 3.63) is 77.1 Å². The number of nitrogens with one attached hydrogen (secondary N) is 1. The number of benzene rings is 3. The predicted octanol–water partition coefficient (Wildman–Crippen LogP) is 5.06. The molecule has 0 fully saturated rings. The van der Waals surface area contributed by atoms with Gasteiger partial charge in [0.2, 0.25) is 0 Å². The summed E-state index contributed by atoms with van der Waals surface area (Å²) in [5, 5.41) is 5.41. The lowest BCUT2D eigenvalue weighted by molar-refractivity contribution is -0.122. The Morgan fingerprint density at radius 1 is 1.07 bits per heavy atom. The Kier molecular flexibility index (Phi) is 6.96. The molecule has 3 aromatic rings. The first-order valence-corrected chi connectivity index (χ1v) is 10.1. The number of hydrogen-bond donors (Lipinski definition) is 1. The molecule has 0 unspecified atom stereocenters. The number of rotatable bonds is 8. The molecule has 0 heterocycles. The highest BCUT2D eigenvalue weighted by molar-refractivity contribution is 7.98. The Balaban J connectivity index is 1.37. The van der Waals surface area contributed by atoms with Gasteiger partial charge in [-0.2, -0.15) is 11.8 Å². The van der Waals surface area contributed by atoms with E-state index >= 15 is 0 Å². The number of carbonyl (C=O) groups is 1. The first-order valence-electron chi connectivity index (χ1n) is 8.52. The van der Waals surface area contributed by atoms with Gasteiger partial charge in [-0.05, 0) is 35.0 Å². The second-order valence-electron chi connectivity index (χ2n) is 5.90. The van der Waals surface area contributed by atoms with E-state index in [-0.39, 0.29) is 18.3 Å². The van der Waals surface area contributed by atoms with Crippen LogP contribution in [0.1, 0.15) is 5.56 Å². The van der Waals surface area contributed by atoms with Crippen LogP contribution < -0.4 is 10.1 Å². The molecule has 0 aliphatic carbocycles. The second kappa shape index (κ2) is 9.62. The molecule has 0 radical (unpaired) electrons. The molecule has 0 aromatic heterocycles. The highest BCUT2D eigenvalue weighted by atomic mass is 35.5. The van der Waals surface area contributed by atoms with E-state index in [9.17, 15) is 9.18 Å². The van der Waals surface area contributed by atoms with E-state index in [2.05, 4.69) is 5.32 Å². The van der Waals surface area contributed by atoms with Crippen molar-refractivity contribution in [2.75, 3.05) is 18.9 Å². The number of halogens is 2. The zero-order chi connectivity index (χ0) is 19.1. The van der Waals surface area contributed by atoms with Crippen molar-refractivity contribution in [2.45, 2.75) is 5.75 Å². The number of carbonyl (C=O) groups excluding carboxylic acids is 1. The second-order valence-corrected chi connectivity index (χ2v) is 7.41. The van der Waals surface area contributed by atoms with Gasteiger partial charge in [-0.15, -0.1) is 0 Å². The number of thioether (sulfide) groups is 1. The van der Waals surface area contributed by atoms with Crippen molar-refractivity contribution in [1.82, 2.24) is 5.32 Å². The summed E-state index contributed by atoms with van der Waals surface area (Å²) >= 11 is 7.50. The molecule has 0 saturated carbocycles. The molecule has 140 valence electrons. The number of ether oxygens (including phenoxy) is 1. The maximum Gasteiger partial charge on any atom is 0.257 e. The predicted molar refractivity (Wildman–Crippen MR) is 110 cm³/mol. The first-order chi connectivity index (χ1) is 13.1. The summed E-state index contributed by atoms with van der Waals surface area (Å²) in [5.74, 6) is 1.30. The molecule has 1 N–H and O–H groups in total. The van der Waals surface area contributed by atoms with Crippen LogP contribution in [-0.2, 0) is 10.5 Å². The van der Waals surface area contributed by atoms with E-state index in [1.807, 2.05) is 42.5 Å². The van der Waals surface area contributed by atoms with Gasteiger partial charge in [-0.25, -0.2) is 4.39 Å². The van der Waals surface area contributed by atoms with Gasteiger partial charge < -0.3 is 10.1 Å². The number of hydrogen-bond acceptors (Lipinski definition) is 3. The van der Waals surface area contributed by atoms with Crippen LogP contribution >= 0.6 is 23.4 Å². The lowest BCUT2D eigenvalue weighted by Gasteiger charge is -2.09. The van der Waals surface area contributed by atoms with Gasteiger partial charge in [-0.3, -0.25) is 4.79 Å². The lowest BCUT2D eigenvalue weighted by atomic mass is 10.1. The standard InChI is InChI=1S/C21H19ClFNO2S/c22-19-6-3-7-20(23)18(19)14-27-11-10-24-21(25)13-26-17-9-8-15-4-1-2-5-16(15)12-17/h1-9,12H,10-11,13-14H2,(H,24,25). The Morgan fingerprint density at radius 2 is 1.89 bits per heavy atom. The lowest BCUT2D eigenvalue weighted by Crippen LogP contribution is -2.30. The summed E-state index contributed by atoms with van der Waals surface area (Å²) in [7, 11) is 0. The van der Waals surface area contributed by atoms with Crippen molar-refractivity contribution in [3.8, 4) is 5.75 Å². The molecule has 3 aromatic carbocycles. The molecule has 0 aliphatic heterocycles. The summed E-state index contributed by atoms with van der Waals surface area (Å²) in [6, 6.07) is 18.4. The molecule has 6 heteroatoms. The van der Waals surface area contributed by atoms with Crippen molar-refractivity contribution >= 4 is 40.0 Å². The summed E-state index contributed by atoms with van der Waals surface area (Å²) in [4.78, 5) is 11.9. The summed E-state index contributed by atoms with van der Waals surface area (Å²) in [6.07, 6.45) is 0. The molecule has 0 atom stereocenters. The van der Waals surface area contributed by atoms with Crippen LogP contribution in [0.3, 0.4) is 0 Å². The average Bonchev–Trinajstić information content (AvgIpc) is 2.68. The van der Waals surface area contributed by atoms with E-state index in [0.29, 0.717) is 34.4 Å². The molecular formula is C21H19ClFNO2S. The van der Waals surface area contributed by atoms with E-state index in [1.165, 1.54) is 17.8 Å². The molecule has 0 spiro atoms. The van der Waals surface area contributed by atoms with Crippen LogP contribution in [0.5, 0.6) is 5.75 Å². The number of fused-ring (bicyclic) bond motifs is 1. The Morgan fingerprint density at radius 3 is 2.70 bits per heavy atom. The third-order valence-electron chi connectivity index (χ3n) is 3.97. The van der Waals surface area contributed by atoms with E-state index in [1.54, 1.807) is 12.1 Å². The summed E-state index contributed by atoms with van der Waals surface area (Å²) in [6.45, 7) is 0.443. The van der Waals surface area contributed by atoms with E-state index < -0.39 is 0 Å². The molecule has 3 nitrogen and oxygen atoms in total. The average molecular weight is 404 g/mol. The van der Waals surface area contributed by atoms with Gasteiger partial charge in [0.25, 0.3) is 5.91 Å². The first kappa shape index (κ1) is 19.5. The molecule has 0 bridgehead atoms. The maximum atomic E-state index is 13.7. The SMILES string of the molecule is O=C(COc1ccc2ccccc2c1)NCCSCc1c(F)cccc1Cl. The normalized spacial score (nSPS) is 10.7. The topological polar surface area (TPSA) is 38.3 Å². The summed E-state index contributed by atoms with van der Waals surface area (Å²) < 4.78 is 19.2. The molecule has 3 rings (SSSR count). The molecule has 1 amide bonds. The maximum absolute atomic E-state index is 13.7. The van der Waals surface area contributed by atoms with Gasteiger partial charge in [-0.1, -0.05) is 48.0 Å². The van der Waals surface area contributed by atoms with Gasteiger partial charge in [0.15, 0.2) is 6.61 Å². The zero-order valence-corrected chi connectivity index (χ0v) is 16.2. The van der Waals surface area contributed by atoms with E-state index in [4.69, 9.17) is 16.3 Å². The fourth-order valence-electron chi connectivity index (χ4n) is 2.56. The third kappa shape index (κ3) is 5.62. The van der Waals surface area contributed by atoms with Crippen LogP contribution in [-0.4, -0.2) is 24.8 Å². The smallest absolute Gasteiger partial charge is 0.257 e. The minimum atomic E-state index is -0.303. The van der Waals surface area contributed by atoms with Crippen molar-refractivity contribution in [3.63, 3.8) is 0 Å². The Bertz CT molecular complexity index is 915. The third-order valence-corrected chi connectivity index (χ3v) is 5.31. The van der Waals surface area contributed by atoms with Crippen LogP contribution in [0.15, 0.2) is 60.7 Å². The van der Waals surface area contributed by atoms with Gasteiger partial charge in [0, 0.05) is 28.6 Å². The van der Waals surface area contributed by atoms with Gasteiger partial charge in [0.1, 0.15) is 11.6 Å². The molecule has 0 saturated heterocycles.